The zero-order chi connectivity index (χ0) is 25.4. The van der Waals surface area contributed by atoms with Gasteiger partial charge >= 0.3 is 6.18 Å². The molecule has 0 atom stereocenters. The highest BCUT2D eigenvalue weighted by Gasteiger charge is 2.30. The maximum absolute atomic E-state index is 12.8. The number of rotatable bonds is 5. The van der Waals surface area contributed by atoms with Crippen LogP contribution < -0.4 is 5.56 Å². The fourth-order valence-electron chi connectivity index (χ4n) is 4.18. The van der Waals surface area contributed by atoms with E-state index in [-0.39, 0.29) is 17.1 Å². The molecule has 0 unspecified atom stereocenters. The minimum Gasteiger partial charge on any atom is -0.460 e. The number of alkyl halides is 3. The highest BCUT2D eigenvalue weighted by Crippen LogP contribution is 2.31. The van der Waals surface area contributed by atoms with Gasteiger partial charge < -0.3 is 9.40 Å². The smallest absolute Gasteiger partial charge is 0.416 e. The lowest BCUT2D eigenvalue weighted by Crippen LogP contribution is -2.35. The Bertz CT molecular complexity index is 1490. The van der Waals surface area contributed by atoms with Crippen LogP contribution in [0.5, 0.6) is 0 Å². The van der Waals surface area contributed by atoms with Gasteiger partial charge in [-0.15, -0.1) is 0 Å². The zero-order valence-corrected chi connectivity index (χ0v) is 18.7. The molecule has 0 spiro atoms. The highest BCUT2D eigenvalue weighted by molar-refractivity contribution is 5.61. The molecular weight excluding hydrogens is 477 g/mol. The Hall–Kier alpha value is -4.25. The molecule has 8 nitrogen and oxygen atoms in total. The number of furan rings is 1. The van der Waals surface area contributed by atoms with E-state index < -0.39 is 16.7 Å². The Morgan fingerprint density at radius 1 is 1.08 bits per heavy atom. The second-order valence-corrected chi connectivity index (χ2v) is 8.45. The largest absolute Gasteiger partial charge is 0.460 e. The summed E-state index contributed by atoms with van der Waals surface area (Å²) >= 11 is 0. The first-order valence-electron chi connectivity index (χ1n) is 11.0. The van der Waals surface area contributed by atoms with Crippen molar-refractivity contribution in [3.8, 4) is 22.7 Å². The standard InChI is InChI=1S/C25H19F3N4O4/c26-25(27,28)17-6-4-15(5-7-17)23-29-21-10-11-31(14-20(21)24(33)30-23)13-19-8-9-22(36-19)16-2-1-3-18(12-16)32(34)35/h1-9,12H,10-11,13-14H2,(H,29,30,33). The summed E-state index contributed by atoms with van der Waals surface area (Å²) in [6, 6.07) is 14.2. The number of nitrogens with zero attached hydrogens (tertiary/aromatic N) is 3. The molecule has 2 aromatic heterocycles. The van der Waals surface area contributed by atoms with Crippen LogP contribution in [0.3, 0.4) is 0 Å². The van der Waals surface area contributed by atoms with E-state index in [1.165, 1.54) is 24.3 Å². The minimum absolute atomic E-state index is 0.0273. The van der Waals surface area contributed by atoms with Crippen LogP contribution in [0.15, 0.2) is 69.9 Å². The summed E-state index contributed by atoms with van der Waals surface area (Å²) in [6.45, 7) is 1.36. The number of aromatic amines is 1. The van der Waals surface area contributed by atoms with Crippen LogP contribution >= 0.6 is 0 Å². The first-order chi connectivity index (χ1) is 17.2. The summed E-state index contributed by atoms with van der Waals surface area (Å²) in [7, 11) is 0. The molecule has 1 N–H and O–H groups in total. The zero-order valence-electron chi connectivity index (χ0n) is 18.7. The molecule has 11 heteroatoms. The number of benzene rings is 2. The fourth-order valence-corrected chi connectivity index (χ4v) is 4.18. The van der Waals surface area contributed by atoms with Gasteiger partial charge in [-0.3, -0.25) is 19.8 Å². The van der Waals surface area contributed by atoms with Gasteiger partial charge in [0.25, 0.3) is 11.2 Å². The number of nitro benzene ring substituents is 1. The Labute approximate surface area is 202 Å². The molecule has 1 aliphatic heterocycles. The monoisotopic (exact) mass is 496 g/mol. The summed E-state index contributed by atoms with van der Waals surface area (Å²) in [4.78, 5) is 32.5. The quantitative estimate of drug-likeness (QED) is 0.301. The van der Waals surface area contributed by atoms with Gasteiger partial charge in [-0.2, -0.15) is 13.2 Å². The third-order valence-electron chi connectivity index (χ3n) is 6.02. The summed E-state index contributed by atoms with van der Waals surface area (Å²) in [5, 5.41) is 11.0. The number of hydrogen-bond donors (Lipinski definition) is 1. The van der Waals surface area contributed by atoms with Crippen molar-refractivity contribution in [3.63, 3.8) is 0 Å². The molecule has 0 radical (unpaired) electrons. The van der Waals surface area contributed by atoms with Crippen molar-refractivity contribution in [2.75, 3.05) is 6.54 Å². The van der Waals surface area contributed by atoms with Crippen LogP contribution in [0.2, 0.25) is 0 Å². The van der Waals surface area contributed by atoms with Gasteiger partial charge in [0.15, 0.2) is 0 Å². The van der Waals surface area contributed by atoms with Crippen molar-refractivity contribution in [1.29, 1.82) is 0 Å². The lowest BCUT2D eigenvalue weighted by atomic mass is 10.1. The van der Waals surface area contributed by atoms with Crippen molar-refractivity contribution in [2.45, 2.75) is 25.7 Å². The molecule has 5 rings (SSSR count). The van der Waals surface area contributed by atoms with Gasteiger partial charge in [0, 0.05) is 42.8 Å². The molecule has 36 heavy (non-hydrogen) atoms. The number of nitrogens with one attached hydrogen (secondary N) is 1. The molecule has 4 aromatic rings. The van der Waals surface area contributed by atoms with Gasteiger partial charge in [-0.25, -0.2) is 4.98 Å². The average Bonchev–Trinajstić information content (AvgIpc) is 3.32. The molecule has 0 saturated carbocycles. The van der Waals surface area contributed by atoms with Crippen LogP contribution in [-0.4, -0.2) is 26.3 Å². The van der Waals surface area contributed by atoms with Gasteiger partial charge in [-0.1, -0.05) is 24.3 Å². The number of non-ortho nitro benzene ring substituents is 1. The van der Waals surface area contributed by atoms with E-state index in [0.717, 1.165) is 12.1 Å². The number of H-pyrrole nitrogens is 1. The summed E-state index contributed by atoms with van der Waals surface area (Å²) in [5.74, 6) is 1.38. The molecule has 0 bridgehead atoms. The Morgan fingerprint density at radius 2 is 1.86 bits per heavy atom. The van der Waals surface area contributed by atoms with Crippen LogP contribution in [0.1, 0.15) is 22.6 Å². The fraction of sp³-hybridized carbons (Fsp3) is 0.200. The van der Waals surface area contributed by atoms with Crippen LogP contribution in [-0.2, 0) is 25.7 Å². The molecule has 2 aromatic carbocycles. The average molecular weight is 496 g/mol. The van der Waals surface area contributed by atoms with Crippen LogP contribution in [0.4, 0.5) is 18.9 Å². The van der Waals surface area contributed by atoms with Gasteiger partial charge in [0.05, 0.1) is 28.3 Å². The van der Waals surface area contributed by atoms with Crippen molar-refractivity contribution >= 4 is 5.69 Å². The number of hydrogen-bond acceptors (Lipinski definition) is 6. The number of aromatic nitrogens is 2. The molecule has 1 aliphatic rings. The van der Waals surface area contributed by atoms with E-state index in [9.17, 15) is 28.1 Å². The van der Waals surface area contributed by atoms with Gasteiger partial charge in [0.2, 0.25) is 0 Å². The van der Waals surface area contributed by atoms with Crippen molar-refractivity contribution < 1.29 is 22.5 Å². The second kappa shape index (κ2) is 9.08. The minimum atomic E-state index is -4.44. The summed E-state index contributed by atoms with van der Waals surface area (Å²) in [6.07, 6.45) is -3.95. The van der Waals surface area contributed by atoms with Crippen molar-refractivity contribution in [2.24, 2.45) is 0 Å². The van der Waals surface area contributed by atoms with E-state index >= 15 is 0 Å². The molecular formula is C25H19F3N4O4. The van der Waals surface area contributed by atoms with E-state index in [2.05, 4.69) is 9.97 Å². The van der Waals surface area contributed by atoms with Crippen LogP contribution in [0.25, 0.3) is 22.7 Å². The normalized spacial score (nSPS) is 14.0. The number of halogens is 3. The Morgan fingerprint density at radius 3 is 2.58 bits per heavy atom. The van der Waals surface area contributed by atoms with E-state index in [1.807, 2.05) is 4.90 Å². The number of fused-ring (bicyclic) bond motifs is 1. The maximum Gasteiger partial charge on any atom is 0.416 e. The highest BCUT2D eigenvalue weighted by atomic mass is 19.4. The third-order valence-corrected chi connectivity index (χ3v) is 6.02. The summed E-state index contributed by atoms with van der Waals surface area (Å²) < 4.78 is 44.4. The molecule has 0 amide bonds. The Balaban J connectivity index is 1.31. The first-order valence-corrected chi connectivity index (χ1v) is 11.0. The lowest BCUT2D eigenvalue weighted by molar-refractivity contribution is -0.384. The predicted molar refractivity (Wildman–Crippen MR) is 124 cm³/mol. The number of nitro groups is 1. The van der Waals surface area contributed by atoms with E-state index in [1.54, 1.807) is 24.3 Å². The molecule has 3 heterocycles. The maximum atomic E-state index is 12.8. The van der Waals surface area contributed by atoms with E-state index in [4.69, 9.17) is 4.42 Å². The predicted octanol–water partition coefficient (Wildman–Crippen LogP) is 5.18. The third kappa shape index (κ3) is 4.78. The molecule has 0 fully saturated rings. The van der Waals surface area contributed by atoms with Crippen molar-refractivity contribution in [1.82, 2.24) is 14.9 Å². The van der Waals surface area contributed by atoms with Crippen LogP contribution in [0, 0.1) is 10.1 Å². The molecule has 184 valence electrons. The molecule has 0 saturated heterocycles. The van der Waals surface area contributed by atoms with E-state index in [0.29, 0.717) is 60.0 Å². The first kappa shape index (κ1) is 23.5. The van der Waals surface area contributed by atoms with Gasteiger partial charge in [0.1, 0.15) is 17.3 Å². The summed E-state index contributed by atoms with van der Waals surface area (Å²) in [5.41, 5.74) is 0.972. The topological polar surface area (TPSA) is 105 Å². The van der Waals surface area contributed by atoms with Crippen molar-refractivity contribution in [3.05, 3.63) is 104 Å². The Kier molecular flexibility index (Phi) is 5.92. The van der Waals surface area contributed by atoms with Gasteiger partial charge in [-0.05, 0) is 24.3 Å². The lowest BCUT2D eigenvalue weighted by Gasteiger charge is -2.26. The second-order valence-electron chi connectivity index (χ2n) is 8.45. The SMILES string of the molecule is O=c1[nH]c(-c2ccc(C(F)(F)F)cc2)nc2c1CN(Cc1ccc(-c3cccc([N+](=O)[O-])c3)o1)CC2. The molecule has 0 aliphatic carbocycles.